The second-order valence-corrected chi connectivity index (χ2v) is 21.5. The van der Waals surface area contributed by atoms with Crippen molar-refractivity contribution in [2.45, 2.75) is 56.0 Å². The number of halogens is 24. The number of fused-ring (bicyclic) bond motifs is 4. The van der Waals surface area contributed by atoms with Crippen LogP contribution in [0.25, 0.3) is 54.5 Å². The molecule has 1 nitrogen and oxygen atoms in total. The van der Waals surface area contributed by atoms with Crippen LogP contribution < -0.4 is 26.4 Å². The van der Waals surface area contributed by atoms with Crippen molar-refractivity contribution in [1.29, 1.82) is 0 Å². The lowest BCUT2D eigenvalue weighted by Crippen LogP contribution is -2.75. The fraction of sp³-hybridized carbons (Fsp3) is 0.136. The van der Waals surface area contributed by atoms with E-state index in [2.05, 4.69) is 138 Å². The number of alkyl halides is 24. The summed E-state index contributed by atoms with van der Waals surface area (Å²) in [7, 11) is 0. The maximum Gasteiger partial charge on any atom is 0.416 e. The minimum absolute atomic E-state index is 0.691. The second-order valence-electron chi connectivity index (χ2n) is 21.5. The largest absolute Gasteiger partial charge is 0.416 e. The zero-order chi connectivity index (χ0) is 67.1. The highest BCUT2D eigenvalue weighted by Crippen LogP contribution is 2.43. The molecule has 0 amide bonds. The first kappa shape index (κ1) is 65.7. The number of benzene rings is 10. The molecule has 476 valence electrons. The molecule has 0 saturated heterocycles. The minimum Gasteiger partial charge on any atom is -0.194 e. The van der Waals surface area contributed by atoms with Crippen molar-refractivity contribution in [3.63, 3.8) is 0 Å². The van der Waals surface area contributed by atoms with Gasteiger partial charge < -0.3 is 0 Å². The van der Waals surface area contributed by atoms with Gasteiger partial charge in [0.1, 0.15) is 6.15 Å². The summed E-state index contributed by atoms with van der Waals surface area (Å²) in [4.78, 5) is 0. The zero-order valence-electron chi connectivity index (χ0n) is 45.9. The molecule has 92 heavy (non-hydrogen) atoms. The van der Waals surface area contributed by atoms with Crippen LogP contribution in [-0.2, 0) is 56.0 Å². The fourth-order valence-electron chi connectivity index (χ4n) is 11.5. The molecular formula is C66H36BF24N. The smallest absolute Gasteiger partial charge is 0.194 e. The SMILES string of the molecule is FC(F)(F)c1cc([B-](c2cc(C(F)(F)F)cc(C(F)(F)F)c2)(c2cc(C(F)(F)F)cc(C(F)(F)F)c2)c2cc(C(F)(F)F)cc(C(F)(F)F)c2)cc(C(F)(F)F)c1.c1ccc(C[n+]2c(-c3c4ccccc4cc4cc5ccccc5cc34)ccc3ccccc32)cc1. The molecule has 0 radical (unpaired) electrons. The summed E-state index contributed by atoms with van der Waals surface area (Å²) in [5.74, 6) is 0. The second kappa shape index (κ2) is 23.2. The molecule has 0 saturated carbocycles. The van der Waals surface area contributed by atoms with E-state index in [4.69, 9.17) is 0 Å². The van der Waals surface area contributed by atoms with Crippen LogP contribution in [0.15, 0.2) is 206 Å². The van der Waals surface area contributed by atoms with Crippen LogP contribution in [0, 0.1) is 0 Å². The van der Waals surface area contributed by atoms with Gasteiger partial charge in [0.05, 0.1) is 50.1 Å². The lowest BCUT2D eigenvalue weighted by atomic mass is 9.12. The third kappa shape index (κ3) is 13.3. The first-order chi connectivity index (χ1) is 42.6. The van der Waals surface area contributed by atoms with Crippen LogP contribution in [0.2, 0.25) is 0 Å². The van der Waals surface area contributed by atoms with Gasteiger partial charge in [-0.15, -0.1) is 0 Å². The van der Waals surface area contributed by atoms with Gasteiger partial charge in [0.2, 0.25) is 11.2 Å². The number of rotatable bonds is 7. The lowest BCUT2D eigenvalue weighted by Gasteiger charge is -2.46. The molecule has 0 aliphatic rings. The molecule has 1 heterocycles. The van der Waals surface area contributed by atoms with Crippen LogP contribution in [0.1, 0.15) is 50.1 Å². The Morgan fingerprint density at radius 1 is 0.250 bits per heavy atom. The van der Waals surface area contributed by atoms with E-state index in [1.165, 1.54) is 60.0 Å². The predicted molar refractivity (Wildman–Crippen MR) is 298 cm³/mol. The van der Waals surface area contributed by atoms with Crippen LogP contribution in [0.5, 0.6) is 0 Å². The summed E-state index contributed by atoms with van der Waals surface area (Å²) in [5.41, 5.74) is -25.1. The summed E-state index contributed by atoms with van der Waals surface area (Å²) < 4.78 is 343. The predicted octanol–water partition coefficient (Wildman–Crippen LogP) is 19.5. The van der Waals surface area contributed by atoms with Gasteiger partial charge in [0.15, 0.2) is 6.54 Å². The number of para-hydroxylation sites is 1. The normalized spacial score (nSPS) is 13.3. The quantitative estimate of drug-likeness (QED) is 0.0648. The average molecular weight is 1310 g/mol. The maximum atomic E-state index is 14.2. The van der Waals surface area contributed by atoms with E-state index in [0.29, 0.717) is 0 Å². The Morgan fingerprint density at radius 2 is 0.554 bits per heavy atom. The van der Waals surface area contributed by atoms with Gasteiger partial charge in [0.25, 0.3) is 0 Å². The summed E-state index contributed by atoms with van der Waals surface area (Å²) >= 11 is 0. The molecule has 0 fully saturated rings. The Kier molecular flexibility index (Phi) is 16.5. The standard InChI is InChI=1S/C34H24N.C32H12BF24/c1-2-10-24(11-3-1)23-35-32-17-9-7-12-25(32)18-19-33(35)34-30-16-8-6-15-28(30)21-29-20-26-13-4-5-14-27(26)22-31(29)34;34-25(35,36)13-1-14(26(37,38)39)6-21(5-13)33(22-7-15(27(40,41)42)2-16(8-22)28(43,44)45,23-9-17(29(46,47)48)3-18(10-23)30(49,50)51)24-11-19(31(52,53)54)4-20(12-24)32(55,56)57/h1-22H,23H2;1-12H/q+1;-1. The Hall–Kier alpha value is -9.23. The van der Waals surface area contributed by atoms with E-state index < -0.39 is 195 Å². The van der Waals surface area contributed by atoms with E-state index in [9.17, 15) is 105 Å². The number of aromatic nitrogens is 1. The van der Waals surface area contributed by atoms with Gasteiger partial charge in [-0.05, 0) is 86.9 Å². The van der Waals surface area contributed by atoms with E-state index in [1.807, 2.05) is 0 Å². The average Bonchev–Trinajstić information content (AvgIpc) is 0.713. The number of hydrogen-bond acceptors (Lipinski definition) is 0. The molecule has 0 atom stereocenters. The molecule has 0 aliphatic heterocycles. The van der Waals surface area contributed by atoms with Gasteiger partial charge in [-0.2, -0.15) is 132 Å². The first-order valence-corrected chi connectivity index (χ1v) is 26.8. The van der Waals surface area contributed by atoms with Crippen LogP contribution in [0.4, 0.5) is 105 Å². The third-order valence-corrected chi connectivity index (χ3v) is 15.5. The topological polar surface area (TPSA) is 3.88 Å². The fourth-order valence-corrected chi connectivity index (χ4v) is 11.5. The van der Waals surface area contributed by atoms with Gasteiger partial charge in [0, 0.05) is 23.1 Å². The van der Waals surface area contributed by atoms with E-state index in [-0.39, 0.29) is 0 Å². The minimum atomic E-state index is -6.13. The zero-order valence-corrected chi connectivity index (χ0v) is 45.9. The van der Waals surface area contributed by atoms with Gasteiger partial charge in [-0.3, -0.25) is 0 Å². The number of pyridine rings is 1. The third-order valence-electron chi connectivity index (χ3n) is 15.5. The van der Waals surface area contributed by atoms with E-state index in [1.54, 1.807) is 0 Å². The van der Waals surface area contributed by atoms with Crippen LogP contribution in [0.3, 0.4) is 0 Å². The van der Waals surface area contributed by atoms with Crippen molar-refractivity contribution in [2.24, 2.45) is 0 Å². The summed E-state index contributed by atoms with van der Waals surface area (Å²) in [6, 6.07) is 39.7. The van der Waals surface area contributed by atoms with Crippen LogP contribution >= 0.6 is 0 Å². The highest BCUT2D eigenvalue weighted by atomic mass is 19.4. The number of nitrogens with zero attached hydrogens (tertiary/aromatic N) is 1. The first-order valence-electron chi connectivity index (χ1n) is 26.8. The Labute approximate surface area is 503 Å². The Bertz CT molecular complexity index is 4160. The van der Waals surface area contributed by atoms with Crippen molar-refractivity contribution in [3.8, 4) is 11.3 Å². The van der Waals surface area contributed by atoms with Crippen molar-refractivity contribution in [2.75, 3.05) is 0 Å². The molecule has 0 spiro atoms. The molecule has 26 heteroatoms. The highest BCUT2D eigenvalue weighted by Gasteiger charge is 2.47. The van der Waals surface area contributed by atoms with Crippen molar-refractivity contribution < 1.29 is 110 Å². The molecule has 0 bridgehead atoms. The highest BCUT2D eigenvalue weighted by molar-refractivity contribution is 7.20. The summed E-state index contributed by atoms with van der Waals surface area (Å²) in [6.07, 6.45) is -54.8. The Morgan fingerprint density at radius 3 is 0.924 bits per heavy atom. The van der Waals surface area contributed by atoms with E-state index in [0.717, 1.165) is 6.54 Å². The number of hydrogen-bond donors (Lipinski definition) is 0. The van der Waals surface area contributed by atoms with Crippen molar-refractivity contribution in [1.82, 2.24) is 0 Å². The summed E-state index contributed by atoms with van der Waals surface area (Å²) in [6.45, 7) is 0.815. The van der Waals surface area contributed by atoms with Gasteiger partial charge >= 0.3 is 49.4 Å². The maximum absolute atomic E-state index is 14.2. The van der Waals surface area contributed by atoms with Crippen molar-refractivity contribution in [3.05, 3.63) is 256 Å². The van der Waals surface area contributed by atoms with Gasteiger partial charge in [-0.25, -0.2) is 0 Å². The molecule has 11 rings (SSSR count). The monoisotopic (exact) mass is 1310 g/mol. The molecule has 0 unspecified atom stereocenters. The molecule has 0 N–H and O–H groups in total. The van der Waals surface area contributed by atoms with Crippen LogP contribution in [-0.4, -0.2) is 6.15 Å². The molecule has 1 aromatic heterocycles. The lowest BCUT2D eigenvalue weighted by molar-refractivity contribution is -0.651. The molecular weight excluding hydrogens is 1270 g/mol. The molecule has 0 aliphatic carbocycles. The Balaban J connectivity index is 0.000000223. The summed E-state index contributed by atoms with van der Waals surface area (Å²) in [5, 5.41) is 8.92. The van der Waals surface area contributed by atoms with Crippen molar-refractivity contribution >= 4 is 71.2 Å². The van der Waals surface area contributed by atoms with Gasteiger partial charge in [-0.1, -0.05) is 140 Å². The molecule has 11 aromatic rings. The van der Waals surface area contributed by atoms with E-state index >= 15 is 0 Å². The molecule has 10 aromatic carbocycles.